The van der Waals surface area contributed by atoms with Gasteiger partial charge >= 0.3 is 0 Å². The van der Waals surface area contributed by atoms with Gasteiger partial charge < -0.3 is 10.2 Å². The summed E-state index contributed by atoms with van der Waals surface area (Å²) in [4.78, 5) is 26.9. The number of nitrogens with zero attached hydrogens (tertiary/aromatic N) is 1. The molecule has 0 saturated carbocycles. The summed E-state index contributed by atoms with van der Waals surface area (Å²) in [7, 11) is 1.61. The maximum atomic E-state index is 12.9. The van der Waals surface area contributed by atoms with Crippen molar-refractivity contribution >= 4 is 11.8 Å². The zero-order valence-electron chi connectivity index (χ0n) is 14.9. The fraction of sp³-hybridized carbons (Fsp3) is 0.333. The van der Waals surface area contributed by atoms with Crippen LogP contribution in [0.2, 0.25) is 0 Å². The van der Waals surface area contributed by atoms with Crippen LogP contribution in [-0.2, 0) is 22.4 Å². The number of likely N-dealkylation sites (N-methyl/N-ethyl adjacent to an activating group) is 1. The van der Waals surface area contributed by atoms with Crippen molar-refractivity contribution in [2.45, 2.75) is 32.2 Å². The van der Waals surface area contributed by atoms with Crippen molar-refractivity contribution in [3.05, 3.63) is 71.8 Å². The highest BCUT2D eigenvalue weighted by atomic mass is 16.2. The van der Waals surface area contributed by atoms with E-state index in [2.05, 4.69) is 5.32 Å². The lowest BCUT2D eigenvalue weighted by molar-refractivity contribution is -0.140. The van der Waals surface area contributed by atoms with Crippen LogP contribution >= 0.6 is 0 Å². The van der Waals surface area contributed by atoms with Gasteiger partial charge in [0.25, 0.3) is 0 Å². The SMILES string of the molecule is CC[C@H](C(=O)NC)N(CCc1ccccc1)C(=O)Cc1ccccc1. The first-order chi connectivity index (χ1) is 12.2. The average molecular weight is 338 g/mol. The third kappa shape index (κ3) is 5.45. The van der Waals surface area contributed by atoms with Gasteiger partial charge in [0.1, 0.15) is 6.04 Å². The normalized spacial score (nSPS) is 11.6. The number of carbonyl (C=O) groups is 2. The minimum atomic E-state index is -0.440. The van der Waals surface area contributed by atoms with Crippen molar-refractivity contribution < 1.29 is 9.59 Å². The van der Waals surface area contributed by atoms with E-state index in [4.69, 9.17) is 0 Å². The molecule has 2 rings (SSSR count). The number of rotatable bonds is 8. The molecular weight excluding hydrogens is 312 g/mol. The van der Waals surface area contributed by atoms with E-state index in [0.717, 1.165) is 17.5 Å². The van der Waals surface area contributed by atoms with Gasteiger partial charge in [0.2, 0.25) is 11.8 Å². The summed E-state index contributed by atoms with van der Waals surface area (Å²) in [5.41, 5.74) is 2.12. The lowest BCUT2D eigenvalue weighted by Gasteiger charge is -2.30. The van der Waals surface area contributed by atoms with E-state index in [9.17, 15) is 9.59 Å². The largest absolute Gasteiger partial charge is 0.357 e. The molecule has 1 atom stereocenters. The van der Waals surface area contributed by atoms with Crippen molar-refractivity contribution in [1.82, 2.24) is 10.2 Å². The molecule has 0 saturated heterocycles. The van der Waals surface area contributed by atoms with Gasteiger partial charge in [-0.15, -0.1) is 0 Å². The van der Waals surface area contributed by atoms with E-state index >= 15 is 0 Å². The summed E-state index contributed by atoms with van der Waals surface area (Å²) >= 11 is 0. The van der Waals surface area contributed by atoms with Gasteiger partial charge in [-0.25, -0.2) is 0 Å². The Kier molecular flexibility index (Phi) is 7.20. The zero-order valence-corrected chi connectivity index (χ0v) is 14.9. The van der Waals surface area contributed by atoms with Crippen LogP contribution < -0.4 is 5.32 Å². The van der Waals surface area contributed by atoms with Gasteiger partial charge in [-0.3, -0.25) is 9.59 Å². The van der Waals surface area contributed by atoms with Gasteiger partial charge in [-0.2, -0.15) is 0 Å². The zero-order chi connectivity index (χ0) is 18.1. The van der Waals surface area contributed by atoms with Crippen LogP contribution in [-0.4, -0.2) is 36.3 Å². The number of carbonyl (C=O) groups excluding carboxylic acids is 2. The Bertz CT molecular complexity index is 671. The van der Waals surface area contributed by atoms with E-state index in [1.807, 2.05) is 67.6 Å². The van der Waals surface area contributed by atoms with Crippen LogP contribution in [0.4, 0.5) is 0 Å². The van der Waals surface area contributed by atoms with Crippen LogP contribution in [0, 0.1) is 0 Å². The summed E-state index contributed by atoms with van der Waals surface area (Å²) in [6, 6.07) is 19.2. The second-order valence-corrected chi connectivity index (χ2v) is 6.02. The fourth-order valence-corrected chi connectivity index (χ4v) is 2.93. The molecule has 0 aliphatic heterocycles. The van der Waals surface area contributed by atoms with Crippen LogP contribution in [0.5, 0.6) is 0 Å². The smallest absolute Gasteiger partial charge is 0.242 e. The van der Waals surface area contributed by atoms with Gasteiger partial charge in [0.05, 0.1) is 6.42 Å². The van der Waals surface area contributed by atoms with Gasteiger partial charge in [0.15, 0.2) is 0 Å². The molecule has 132 valence electrons. The van der Waals surface area contributed by atoms with E-state index < -0.39 is 6.04 Å². The van der Waals surface area contributed by atoms with Crippen molar-refractivity contribution in [3.8, 4) is 0 Å². The molecule has 0 aliphatic carbocycles. The van der Waals surface area contributed by atoms with E-state index in [1.165, 1.54) is 0 Å². The monoisotopic (exact) mass is 338 g/mol. The molecule has 2 aromatic rings. The molecule has 1 N–H and O–H groups in total. The number of hydrogen-bond donors (Lipinski definition) is 1. The highest BCUT2D eigenvalue weighted by Crippen LogP contribution is 2.12. The Morgan fingerprint density at radius 3 is 2.04 bits per heavy atom. The molecule has 2 aromatic carbocycles. The Balaban J connectivity index is 2.15. The predicted octanol–water partition coefficient (Wildman–Crippen LogP) is 2.83. The highest BCUT2D eigenvalue weighted by molar-refractivity contribution is 5.88. The standard InChI is InChI=1S/C21H26N2O2/c1-3-19(21(25)22-2)23(15-14-17-10-6-4-7-11-17)20(24)16-18-12-8-5-9-13-18/h4-13,19H,3,14-16H2,1-2H3,(H,22,25)/t19-/m1/s1. The summed E-state index contributed by atoms with van der Waals surface area (Å²) in [6.07, 6.45) is 1.63. The number of benzene rings is 2. The van der Waals surface area contributed by atoms with E-state index in [1.54, 1.807) is 11.9 Å². The van der Waals surface area contributed by atoms with E-state index in [0.29, 0.717) is 19.4 Å². The first-order valence-electron chi connectivity index (χ1n) is 8.74. The maximum Gasteiger partial charge on any atom is 0.242 e. The number of nitrogens with one attached hydrogen (secondary N) is 1. The molecule has 0 spiro atoms. The molecule has 25 heavy (non-hydrogen) atoms. The molecule has 4 heteroatoms. The summed E-state index contributed by atoms with van der Waals surface area (Å²) in [6.45, 7) is 2.47. The van der Waals surface area contributed by atoms with Crippen molar-refractivity contribution in [2.24, 2.45) is 0 Å². The Morgan fingerprint density at radius 1 is 0.960 bits per heavy atom. The summed E-state index contributed by atoms with van der Waals surface area (Å²) in [5, 5.41) is 2.68. The molecule has 2 amide bonds. The lowest BCUT2D eigenvalue weighted by Crippen LogP contribution is -2.49. The topological polar surface area (TPSA) is 49.4 Å². The molecule has 0 bridgehead atoms. The first kappa shape index (κ1) is 18.7. The fourth-order valence-electron chi connectivity index (χ4n) is 2.93. The molecular formula is C21H26N2O2. The number of amides is 2. The van der Waals surface area contributed by atoms with Gasteiger partial charge in [-0.1, -0.05) is 67.6 Å². The molecule has 0 radical (unpaired) electrons. The molecule has 0 aromatic heterocycles. The van der Waals surface area contributed by atoms with Crippen LogP contribution in [0.15, 0.2) is 60.7 Å². The van der Waals surface area contributed by atoms with Gasteiger partial charge in [0, 0.05) is 13.6 Å². The second kappa shape index (κ2) is 9.62. The third-order valence-electron chi connectivity index (χ3n) is 4.31. The van der Waals surface area contributed by atoms with Crippen LogP contribution in [0.25, 0.3) is 0 Å². The molecule has 0 fully saturated rings. The van der Waals surface area contributed by atoms with E-state index in [-0.39, 0.29) is 11.8 Å². The third-order valence-corrected chi connectivity index (χ3v) is 4.31. The highest BCUT2D eigenvalue weighted by Gasteiger charge is 2.27. The summed E-state index contributed by atoms with van der Waals surface area (Å²) in [5.74, 6) is -0.130. The lowest BCUT2D eigenvalue weighted by atomic mass is 10.1. The minimum Gasteiger partial charge on any atom is -0.357 e. The Hall–Kier alpha value is -2.62. The molecule has 4 nitrogen and oxygen atoms in total. The predicted molar refractivity (Wildman–Crippen MR) is 100 cm³/mol. The minimum absolute atomic E-state index is 0.0161. The maximum absolute atomic E-state index is 12.9. The average Bonchev–Trinajstić information content (AvgIpc) is 2.66. The molecule has 0 unspecified atom stereocenters. The Labute approximate surface area is 149 Å². The van der Waals surface area contributed by atoms with Crippen molar-refractivity contribution in [1.29, 1.82) is 0 Å². The van der Waals surface area contributed by atoms with Crippen LogP contribution in [0.3, 0.4) is 0 Å². The molecule has 0 aliphatic rings. The van der Waals surface area contributed by atoms with Crippen molar-refractivity contribution in [2.75, 3.05) is 13.6 Å². The second-order valence-electron chi connectivity index (χ2n) is 6.02. The first-order valence-corrected chi connectivity index (χ1v) is 8.74. The van der Waals surface area contributed by atoms with Crippen molar-refractivity contribution in [3.63, 3.8) is 0 Å². The van der Waals surface area contributed by atoms with Gasteiger partial charge in [-0.05, 0) is 24.0 Å². The summed E-state index contributed by atoms with van der Waals surface area (Å²) < 4.78 is 0. The van der Waals surface area contributed by atoms with Crippen LogP contribution in [0.1, 0.15) is 24.5 Å². The molecule has 0 heterocycles. The number of hydrogen-bond acceptors (Lipinski definition) is 2. The Morgan fingerprint density at radius 2 is 1.52 bits per heavy atom. The quantitative estimate of drug-likeness (QED) is 0.805.